The van der Waals surface area contributed by atoms with E-state index in [0.29, 0.717) is 12.1 Å². The summed E-state index contributed by atoms with van der Waals surface area (Å²) in [5.41, 5.74) is -0.341. The van der Waals surface area contributed by atoms with Crippen LogP contribution in [0.1, 0.15) is 22.3 Å². The number of fused-ring (bicyclic) bond motifs is 6. The second-order valence-corrected chi connectivity index (χ2v) is 7.46. The van der Waals surface area contributed by atoms with Gasteiger partial charge in [0.05, 0.1) is 25.3 Å². The molecule has 3 aromatic rings. The molecule has 0 saturated heterocycles. The second-order valence-electron chi connectivity index (χ2n) is 7.46. The van der Waals surface area contributed by atoms with E-state index in [1.54, 1.807) is 12.1 Å². The van der Waals surface area contributed by atoms with Gasteiger partial charge in [0, 0.05) is 34.4 Å². The minimum absolute atomic E-state index is 0.0141. The summed E-state index contributed by atoms with van der Waals surface area (Å²) in [6.07, 6.45) is 0. The summed E-state index contributed by atoms with van der Waals surface area (Å²) in [5, 5.41) is 19.0. The summed E-state index contributed by atoms with van der Waals surface area (Å²) < 4.78 is 58.1. The number of nitrogens with zero attached hydrogens (tertiary/aromatic N) is 4. The zero-order valence-corrected chi connectivity index (χ0v) is 16.8. The summed E-state index contributed by atoms with van der Waals surface area (Å²) >= 11 is 0. The van der Waals surface area contributed by atoms with E-state index in [4.69, 9.17) is 13.1 Å². The fourth-order valence-corrected chi connectivity index (χ4v) is 4.59. The van der Waals surface area contributed by atoms with Crippen molar-refractivity contribution in [3.63, 3.8) is 0 Å². The van der Waals surface area contributed by atoms with Gasteiger partial charge in [0.15, 0.2) is 0 Å². The van der Waals surface area contributed by atoms with Crippen molar-refractivity contribution in [2.24, 2.45) is 0 Å². The first-order chi connectivity index (χ1) is 16.3. The average Bonchev–Trinajstić information content (AvgIpc) is 3.27. The molecule has 0 N–H and O–H groups in total. The summed E-state index contributed by atoms with van der Waals surface area (Å²) in [5.74, 6) is -3.72. The Labute approximate surface area is 190 Å². The molecular weight excluding hydrogens is 444 g/mol. The number of hydrogen-bond donors (Lipinski definition) is 0. The predicted octanol–water partition coefficient (Wildman–Crippen LogP) is 6.61. The van der Waals surface area contributed by atoms with E-state index in [1.807, 2.05) is 0 Å². The topological polar surface area (TPSA) is 56.3 Å². The number of nitriles is 2. The van der Waals surface area contributed by atoms with Gasteiger partial charge in [0.1, 0.15) is 23.3 Å². The number of halogens is 4. The Hall–Kier alpha value is -5.18. The zero-order chi connectivity index (χ0) is 24.3. The van der Waals surface area contributed by atoms with Crippen LogP contribution in [0.5, 0.6) is 0 Å². The fourth-order valence-electron chi connectivity index (χ4n) is 4.59. The highest BCUT2D eigenvalue weighted by atomic mass is 19.1. The van der Waals surface area contributed by atoms with E-state index < -0.39 is 34.7 Å². The molecule has 34 heavy (non-hydrogen) atoms. The standard InChI is InChI=1S/C26H6F4N4/c1-33-21(9-31)25-15-7-14-16(8-13(15)23-17(25)3-11(27)5-19(23)29)26(22(10-32)34-2)18-4-12(28)6-20(30)24(14)18/h3-8H/b25-21-,26-22+. The molecule has 5 rings (SSSR count). The van der Waals surface area contributed by atoms with Crippen molar-refractivity contribution in [2.45, 2.75) is 0 Å². The third kappa shape index (κ3) is 2.61. The van der Waals surface area contributed by atoms with E-state index in [9.17, 15) is 28.1 Å². The highest BCUT2D eigenvalue weighted by Crippen LogP contribution is 2.54. The van der Waals surface area contributed by atoms with Crippen molar-refractivity contribution in [1.82, 2.24) is 0 Å². The second kappa shape index (κ2) is 7.17. The highest BCUT2D eigenvalue weighted by Gasteiger charge is 2.36. The fraction of sp³-hybridized carbons (Fsp3) is 0. The van der Waals surface area contributed by atoms with Gasteiger partial charge in [0.2, 0.25) is 0 Å². The third-order valence-corrected chi connectivity index (χ3v) is 5.79. The molecule has 0 unspecified atom stereocenters. The molecule has 2 aliphatic rings. The monoisotopic (exact) mass is 450 g/mol. The van der Waals surface area contributed by atoms with Crippen LogP contribution in [0.15, 0.2) is 47.8 Å². The van der Waals surface area contributed by atoms with Crippen molar-refractivity contribution in [3.8, 4) is 34.4 Å². The molecule has 0 aromatic heterocycles. The lowest BCUT2D eigenvalue weighted by Gasteiger charge is -2.09. The van der Waals surface area contributed by atoms with Crippen molar-refractivity contribution in [1.29, 1.82) is 10.5 Å². The lowest BCUT2D eigenvalue weighted by atomic mass is 9.94. The first-order valence-electron chi connectivity index (χ1n) is 9.56. The van der Waals surface area contributed by atoms with Crippen molar-refractivity contribution in [2.75, 3.05) is 0 Å². The van der Waals surface area contributed by atoms with Crippen molar-refractivity contribution < 1.29 is 17.6 Å². The molecule has 0 heterocycles. The Kier molecular flexibility index (Phi) is 4.37. The Morgan fingerprint density at radius 2 is 0.971 bits per heavy atom. The maximum atomic E-state index is 14.9. The summed E-state index contributed by atoms with van der Waals surface area (Å²) in [4.78, 5) is 6.38. The van der Waals surface area contributed by atoms with Gasteiger partial charge in [-0.05, 0) is 57.6 Å². The molecule has 0 spiro atoms. The third-order valence-electron chi connectivity index (χ3n) is 5.79. The lowest BCUT2D eigenvalue weighted by molar-refractivity contribution is 0.584. The van der Waals surface area contributed by atoms with Crippen LogP contribution in [0.2, 0.25) is 0 Å². The van der Waals surface area contributed by atoms with Crippen molar-refractivity contribution in [3.05, 3.63) is 116 Å². The van der Waals surface area contributed by atoms with Crippen LogP contribution < -0.4 is 0 Å². The number of allylic oxidation sites excluding steroid dienone is 2. The SMILES string of the molecule is [C-]#[N+]/C(C#N)=C1/c2cc3c(cc2-c2c(F)cc(F)cc21)/C(=C(/C#N)[N+]#[C-])c1cc(F)cc(F)c1-3. The van der Waals surface area contributed by atoms with Crippen LogP contribution in [0.3, 0.4) is 0 Å². The molecule has 2 aliphatic carbocycles. The first-order valence-corrected chi connectivity index (χ1v) is 9.56. The Morgan fingerprint density at radius 3 is 1.29 bits per heavy atom. The minimum atomic E-state index is -0.947. The minimum Gasteiger partial charge on any atom is -0.226 e. The van der Waals surface area contributed by atoms with Crippen LogP contribution in [0.4, 0.5) is 17.6 Å². The highest BCUT2D eigenvalue weighted by molar-refractivity contribution is 6.10. The normalized spacial score (nSPS) is 15.1. The Balaban J connectivity index is 1.99. The van der Waals surface area contributed by atoms with Gasteiger partial charge in [-0.2, -0.15) is 0 Å². The van der Waals surface area contributed by atoms with E-state index in [1.165, 1.54) is 12.1 Å². The van der Waals surface area contributed by atoms with Gasteiger partial charge in [-0.3, -0.25) is 0 Å². The van der Waals surface area contributed by atoms with Gasteiger partial charge in [0.25, 0.3) is 11.4 Å². The van der Waals surface area contributed by atoms with Gasteiger partial charge in [-0.1, -0.05) is 0 Å². The molecule has 0 bridgehead atoms. The summed E-state index contributed by atoms with van der Waals surface area (Å²) in [6, 6.07) is 9.56. The van der Waals surface area contributed by atoms with E-state index in [2.05, 4.69) is 9.69 Å². The number of benzene rings is 3. The van der Waals surface area contributed by atoms with Gasteiger partial charge >= 0.3 is 0 Å². The van der Waals surface area contributed by atoms with Crippen molar-refractivity contribution >= 4 is 11.1 Å². The Bertz CT molecular complexity index is 1570. The maximum Gasteiger partial charge on any atom is 0.270 e. The molecule has 0 fully saturated rings. The van der Waals surface area contributed by atoms with Crippen LogP contribution in [-0.2, 0) is 0 Å². The van der Waals surface area contributed by atoms with E-state index in [-0.39, 0.29) is 55.7 Å². The van der Waals surface area contributed by atoms with Gasteiger partial charge in [-0.25, -0.2) is 37.8 Å². The quantitative estimate of drug-likeness (QED) is 0.151. The average molecular weight is 450 g/mol. The van der Waals surface area contributed by atoms with Gasteiger partial charge < -0.3 is 0 Å². The molecule has 0 amide bonds. The first kappa shape index (κ1) is 20.7. The molecular formula is C26H6F4N4. The molecule has 0 atom stereocenters. The number of rotatable bonds is 0. The molecule has 158 valence electrons. The number of hydrogen-bond acceptors (Lipinski definition) is 2. The molecule has 8 heteroatoms. The lowest BCUT2D eigenvalue weighted by Crippen LogP contribution is -1.91. The van der Waals surface area contributed by atoms with Crippen LogP contribution >= 0.6 is 0 Å². The molecule has 0 saturated carbocycles. The molecule has 3 aromatic carbocycles. The Morgan fingerprint density at radius 1 is 0.588 bits per heavy atom. The van der Waals surface area contributed by atoms with E-state index in [0.717, 1.165) is 12.1 Å². The molecule has 0 radical (unpaired) electrons. The molecule has 0 aliphatic heterocycles. The van der Waals surface area contributed by atoms with Gasteiger partial charge in [-0.15, -0.1) is 0 Å². The largest absolute Gasteiger partial charge is 0.270 e. The zero-order valence-electron chi connectivity index (χ0n) is 16.8. The predicted molar refractivity (Wildman–Crippen MR) is 114 cm³/mol. The van der Waals surface area contributed by atoms with E-state index >= 15 is 0 Å². The van der Waals surface area contributed by atoms with Crippen LogP contribution in [0, 0.1) is 59.1 Å². The summed E-state index contributed by atoms with van der Waals surface area (Å²) in [6.45, 7) is 14.7. The van der Waals surface area contributed by atoms with Crippen LogP contribution in [0.25, 0.3) is 43.1 Å². The van der Waals surface area contributed by atoms with Crippen LogP contribution in [-0.4, -0.2) is 0 Å². The summed E-state index contributed by atoms with van der Waals surface area (Å²) in [7, 11) is 0. The molecule has 4 nitrogen and oxygen atoms in total. The maximum absolute atomic E-state index is 14.9. The smallest absolute Gasteiger partial charge is 0.226 e.